The Morgan fingerprint density at radius 3 is 2.60 bits per heavy atom. The summed E-state index contributed by atoms with van der Waals surface area (Å²) in [7, 11) is 1.36. The third-order valence-electron chi connectivity index (χ3n) is 3.35. The van der Waals surface area contributed by atoms with Gasteiger partial charge >= 0.3 is 11.7 Å². The van der Waals surface area contributed by atoms with Crippen LogP contribution in [0.2, 0.25) is 0 Å². The molecule has 0 heterocycles. The molecule has 1 rings (SSSR count). The minimum Gasteiger partial charge on any atom is -0.490 e. The minimum atomic E-state index is -0.919. The van der Waals surface area contributed by atoms with Crippen molar-refractivity contribution in [2.24, 2.45) is 5.41 Å². The summed E-state index contributed by atoms with van der Waals surface area (Å²) in [6.45, 7) is 3.58. The number of carbonyl (C=O) groups is 1. The fraction of sp³-hybridized carbons (Fsp3) is 0.500. The van der Waals surface area contributed by atoms with Crippen molar-refractivity contribution in [2.75, 3.05) is 7.11 Å². The number of hydrogen-bond donors (Lipinski definition) is 1. The molecule has 6 heteroatoms. The van der Waals surface area contributed by atoms with E-state index in [9.17, 15) is 20.0 Å². The molecule has 0 aliphatic rings. The van der Waals surface area contributed by atoms with Crippen LogP contribution in [0.15, 0.2) is 18.2 Å². The number of ether oxygens (including phenoxy) is 1. The van der Waals surface area contributed by atoms with Gasteiger partial charge in [-0.15, -0.1) is 0 Å². The molecule has 1 unspecified atom stereocenters. The number of hydrogen-bond acceptors (Lipinski definition) is 4. The molecule has 0 saturated heterocycles. The molecular weight excluding hydrogens is 262 g/mol. The largest absolute Gasteiger partial charge is 0.490 e. The van der Waals surface area contributed by atoms with E-state index in [1.165, 1.54) is 19.2 Å². The SMILES string of the molecule is CCCC(C)(Cc1ccc(OC)c([N+](=O)[O-])c1)C(=O)O. The Balaban J connectivity index is 3.11. The van der Waals surface area contributed by atoms with E-state index in [0.29, 0.717) is 12.0 Å². The molecule has 0 aliphatic heterocycles. The van der Waals surface area contributed by atoms with Crippen LogP contribution >= 0.6 is 0 Å². The Kier molecular flexibility index (Phi) is 5.07. The van der Waals surface area contributed by atoms with E-state index in [1.807, 2.05) is 6.92 Å². The summed E-state index contributed by atoms with van der Waals surface area (Å²) in [5.74, 6) is -0.718. The maximum absolute atomic E-state index is 11.4. The number of aliphatic carboxylic acids is 1. The summed E-state index contributed by atoms with van der Waals surface area (Å²) in [5, 5.41) is 20.3. The lowest BCUT2D eigenvalue weighted by molar-refractivity contribution is -0.385. The van der Waals surface area contributed by atoms with Crippen LogP contribution < -0.4 is 4.74 Å². The van der Waals surface area contributed by atoms with Gasteiger partial charge in [-0.25, -0.2) is 0 Å². The van der Waals surface area contributed by atoms with Gasteiger partial charge in [0, 0.05) is 6.07 Å². The van der Waals surface area contributed by atoms with Gasteiger partial charge in [0.25, 0.3) is 0 Å². The quantitative estimate of drug-likeness (QED) is 0.612. The molecule has 0 spiro atoms. The van der Waals surface area contributed by atoms with Gasteiger partial charge < -0.3 is 9.84 Å². The molecule has 6 nitrogen and oxygen atoms in total. The Morgan fingerprint density at radius 1 is 1.50 bits per heavy atom. The number of rotatable bonds is 7. The first-order valence-corrected chi connectivity index (χ1v) is 6.38. The Bertz CT molecular complexity index is 514. The van der Waals surface area contributed by atoms with Gasteiger partial charge in [-0.2, -0.15) is 0 Å². The predicted molar refractivity (Wildman–Crippen MR) is 74.0 cm³/mol. The van der Waals surface area contributed by atoms with Crippen LogP contribution in [0, 0.1) is 15.5 Å². The maximum Gasteiger partial charge on any atom is 0.311 e. The molecule has 110 valence electrons. The van der Waals surface area contributed by atoms with Crippen molar-refractivity contribution >= 4 is 11.7 Å². The molecule has 0 radical (unpaired) electrons. The van der Waals surface area contributed by atoms with Gasteiger partial charge in [0.05, 0.1) is 17.4 Å². The van der Waals surface area contributed by atoms with Crippen molar-refractivity contribution in [1.29, 1.82) is 0 Å². The van der Waals surface area contributed by atoms with Gasteiger partial charge in [-0.3, -0.25) is 14.9 Å². The number of nitro benzene ring substituents is 1. The van der Waals surface area contributed by atoms with Crippen LogP contribution in [0.4, 0.5) is 5.69 Å². The number of nitrogens with zero attached hydrogens (tertiary/aromatic N) is 1. The molecule has 1 atom stereocenters. The first kappa shape index (κ1) is 15.9. The lowest BCUT2D eigenvalue weighted by Gasteiger charge is -2.24. The van der Waals surface area contributed by atoms with Crippen LogP contribution in [-0.4, -0.2) is 23.1 Å². The summed E-state index contributed by atoms with van der Waals surface area (Å²) in [4.78, 5) is 21.8. The monoisotopic (exact) mass is 281 g/mol. The summed E-state index contributed by atoms with van der Waals surface area (Å²) < 4.78 is 4.93. The fourth-order valence-corrected chi connectivity index (χ4v) is 2.26. The molecular formula is C14H19NO5. The van der Waals surface area contributed by atoms with Crippen molar-refractivity contribution in [3.05, 3.63) is 33.9 Å². The maximum atomic E-state index is 11.4. The van der Waals surface area contributed by atoms with E-state index in [1.54, 1.807) is 13.0 Å². The molecule has 1 aromatic rings. The third kappa shape index (κ3) is 3.46. The second kappa shape index (κ2) is 6.36. The molecule has 0 fully saturated rings. The Hall–Kier alpha value is -2.11. The predicted octanol–water partition coefficient (Wildman–Crippen LogP) is 3.04. The summed E-state index contributed by atoms with van der Waals surface area (Å²) in [5.41, 5.74) is -0.443. The van der Waals surface area contributed by atoms with Gasteiger partial charge in [0.1, 0.15) is 0 Å². The normalized spacial score (nSPS) is 13.6. The van der Waals surface area contributed by atoms with E-state index >= 15 is 0 Å². The van der Waals surface area contributed by atoms with Crippen molar-refractivity contribution in [1.82, 2.24) is 0 Å². The second-order valence-electron chi connectivity index (χ2n) is 5.06. The van der Waals surface area contributed by atoms with Gasteiger partial charge in [-0.1, -0.05) is 19.4 Å². The lowest BCUT2D eigenvalue weighted by Crippen LogP contribution is -2.29. The van der Waals surface area contributed by atoms with Crippen molar-refractivity contribution < 1.29 is 19.6 Å². The summed E-state index contributed by atoms with van der Waals surface area (Å²) in [6, 6.07) is 4.56. The van der Waals surface area contributed by atoms with Crippen LogP contribution in [-0.2, 0) is 11.2 Å². The first-order valence-electron chi connectivity index (χ1n) is 6.38. The van der Waals surface area contributed by atoms with Crippen LogP contribution in [0.25, 0.3) is 0 Å². The highest BCUT2D eigenvalue weighted by Gasteiger charge is 2.33. The molecule has 0 aliphatic carbocycles. The van der Waals surface area contributed by atoms with E-state index in [-0.39, 0.29) is 17.9 Å². The number of carboxylic acid groups (broad SMARTS) is 1. The minimum absolute atomic E-state index is 0.144. The van der Waals surface area contributed by atoms with Gasteiger partial charge in [-0.05, 0) is 31.4 Å². The summed E-state index contributed by atoms with van der Waals surface area (Å²) in [6.07, 6.45) is 1.50. The van der Waals surface area contributed by atoms with E-state index in [2.05, 4.69) is 0 Å². The van der Waals surface area contributed by atoms with Gasteiger partial charge in [0.2, 0.25) is 0 Å². The van der Waals surface area contributed by atoms with Crippen molar-refractivity contribution in [2.45, 2.75) is 33.1 Å². The lowest BCUT2D eigenvalue weighted by atomic mass is 9.80. The zero-order valence-corrected chi connectivity index (χ0v) is 11.9. The second-order valence-corrected chi connectivity index (χ2v) is 5.06. The van der Waals surface area contributed by atoms with Crippen LogP contribution in [0.1, 0.15) is 32.3 Å². The number of benzene rings is 1. The fourth-order valence-electron chi connectivity index (χ4n) is 2.26. The standard InChI is InChI=1S/C14H19NO5/c1-4-7-14(2,13(16)17)9-10-5-6-12(20-3)11(8-10)15(18)19/h5-6,8H,4,7,9H2,1-3H3,(H,16,17). The molecule has 1 aromatic carbocycles. The zero-order chi connectivity index (χ0) is 15.3. The Morgan fingerprint density at radius 2 is 2.15 bits per heavy atom. The Labute approximate surface area is 117 Å². The van der Waals surface area contributed by atoms with Crippen LogP contribution in [0.3, 0.4) is 0 Å². The zero-order valence-electron chi connectivity index (χ0n) is 11.9. The first-order chi connectivity index (χ1) is 9.34. The molecule has 20 heavy (non-hydrogen) atoms. The molecule has 1 N–H and O–H groups in total. The number of carboxylic acids is 1. The average molecular weight is 281 g/mol. The highest BCUT2D eigenvalue weighted by Crippen LogP contribution is 2.33. The molecule has 0 aromatic heterocycles. The van der Waals surface area contributed by atoms with Crippen molar-refractivity contribution in [3.8, 4) is 5.75 Å². The molecule has 0 saturated carbocycles. The van der Waals surface area contributed by atoms with Crippen LogP contribution in [0.5, 0.6) is 5.75 Å². The highest BCUT2D eigenvalue weighted by molar-refractivity contribution is 5.74. The number of methoxy groups -OCH3 is 1. The number of nitro groups is 1. The highest BCUT2D eigenvalue weighted by atomic mass is 16.6. The smallest absolute Gasteiger partial charge is 0.311 e. The van der Waals surface area contributed by atoms with Gasteiger partial charge in [0.15, 0.2) is 5.75 Å². The molecule has 0 amide bonds. The van der Waals surface area contributed by atoms with E-state index in [4.69, 9.17) is 4.74 Å². The topological polar surface area (TPSA) is 89.7 Å². The van der Waals surface area contributed by atoms with E-state index in [0.717, 1.165) is 6.42 Å². The summed E-state index contributed by atoms with van der Waals surface area (Å²) >= 11 is 0. The van der Waals surface area contributed by atoms with E-state index < -0.39 is 16.3 Å². The third-order valence-corrected chi connectivity index (χ3v) is 3.35. The average Bonchev–Trinajstić information content (AvgIpc) is 2.38. The molecule has 0 bridgehead atoms. The van der Waals surface area contributed by atoms with Crippen molar-refractivity contribution in [3.63, 3.8) is 0 Å².